The minimum absolute atomic E-state index is 0.141. The normalized spacial score (nSPS) is 11.8. The van der Waals surface area contributed by atoms with Gasteiger partial charge >= 0.3 is 0 Å². The second-order valence-corrected chi connectivity index (χ2v) is 10.9. The van der Waals surface area contributed by atoms with Crippen LogP contribution in [0.15, 0.2) is 72.8 Å². The molecule has 0 bridgehead atoms. The predicted molar refractivity (Wildman–Crippen MR) is 151 cm³/mol. The molecule has 40 heavy (non-hydrogen) atoms. The minimum Gasteiger partial charge on any atom is -0.493 e. The molecule has 0 spiro atoms. The molecule has 0 radical (unpaired) electrons. The van der Waals surface area contributed by atoms with Gasteiger partial charge in [0.25, 0.3) is 0 Å². The first-order valence-electron chi connectivity index (χ1n) is 12.6. The maximum absolute atomic E-state index is 14.8. The second-order valence-electron chi connectivity index (χ2n) is 9.02. The van der Waals surface area contributed by atoms with E-state index in [0.717, 1.165) is 16.1 Å². The Kier molecular flexibility index (Phi) is 10.5. The van der Waals surface area contributed by atoms with Crippen molar-refractivity contribution >= 4 is 27.5 Å². The van der Waals surface area contributed by atoms with Gasteiger partial charge in [-0.2, -0.15) is 0 Å². The van der Waals surface area contributed by atoms with E-state index in [2.05, 4.69) is 5.32 Å². The second kappa shape index (κ2) is 13.8. The number of methoxy groups -OCH3 is 2. The number of carbonyl (C=O) groups excluding carboxylic acids is 2. The zero-order valence-electron chi connectivity index (χ0n) is 23.0. The summed E-state index contributed by atoms with van der Waals surface area (Å²) in [5, 5.41) is 2.76. The van der Waals surface area contributed by atoms with Crippen molar-refractivity contribution in [3.63, 3.8) is 0 Å². The van der Waals surface area contributed by atoms with Crippen molar-refractivity contribution in [3.8, 4) is 11.5 Å². The Morgan fingerprint density at radius 1 is 0.950 bits per heavy atom. The zero-order chi connectivity index (χ0) is 29.3. The van der Waals surface area contributed by atoms with E-state index in [1.165, 1.54) is 55.5 Å². The van der Waals surface area contributed by atoms with Crippen molar-refractivity contribution in [1.82, 2.24) is 10.2 Å². The fraction of sp³-hybridized carbons (Fsp3) is 0.310. The van der Waals surface area contributed by atoms with Crippen molar-refractivity contribution < 1.29 is 31.9 Å². The summed E-state index contributed by atoms with van der Waals surface area (Å²) in [6, 6.07) is 18.5. The summed E-state index contributed by atoms with van der Waals surface area (Å²) in [7, 11) is -1.11. The first-order valence-corrected chi connectivity index (χ1v) is 14.5. The average molecular weight is 572 g/mol. The van der Waals surface area contributed by atoms with Gasteiger partial charge in [-0.05, 0) is 30.7 Å². The summed E-state index contributed by atoms with van der Waals surface area (Å²) < 4.78 is 52.0. The number of hydrogen-bond donors (Lipinski definition) is 1. The highest BCUT2D eigenvalue weighted by Gasteiger charge is 2.33. The van der Waals surface area contributed by atoms with Crippen LogP contribution < -0.4 is 19.1 Å². The van der Waals surface area contributed by atoms with Crippen molar-refractivity contribution in [1.29, 1.82) is 0 Å². The molecule has 0 aliphatic rings. The molecule has 3 rings (SSSR count). The lowest BCUT2D eigenvalue weighted by molar-refractivity contribution is -0.140. The van der Waals surface area contributed by atoms with Crippen molar-refractivity contribution in [3.05, 3.63) is 89.7 Å². The van der Waals surface area contributed by atoms with Gasteiger partial charge in [0.2, 0.25) is 21.8 Å². The van der Waals surface area contributed by atoms with Crippen LogP contribution in [0.4, 0.5) is 10.1 Å². The number of rotatable bonds is 13. The van der Waals surface area contributed by atoms with Crippen molar-refractivity contribution in [2.45, 2.75) is 25.9 Å². The van der Waals surface area contributed by atoms with E-state index in [9.17, 15) is 22.4 Å². The highest BCUT2D eigenvalue weighted by Crippen LogP contribution is 2.32. The van der Waals surface area contributed by atoms with E-state index >= 15 is 0 Å². The number of amides is 2. The molecule has 11 heteroatoms. The molecule has 2 amide bonds. The highest BCUT2D eigenvalue weighted by molar-refractivity contribution is 7.92. The maximum atomic E-state index is 14.8. The highest BCUT2D eigenvalue weighted by atomic mass is 32.2. The fourth-order valence-corrected chi connectivity index (χ4v) is 5.09. The molecule has 0 saturated carbocycles. The standard InChI is InChI=1S/C29H34FN3O6S/c1-5-31-29(35)25(17-21-11-7-6-8-12-21)32(19-22-13-9-10-14-24(22)30)28(34)20-33(40(4,36)37)23-15-16-26(38-2)27(18-23)39-3/h6-16,18,25H,5,17,19-20H2,1-4H3,(H,31,35)/t25-/m0/s1. The van der Waals surface area contributed by atoms with Gasteiger partial charge in [-0.15, -0.1) is 0 Å². The fourth-order valence-electron chi connectivity index (χ4n) is 4.25. The molecule has 1 atom stereocenters. The topological polar surface area (TPSA) is 105 Å². The van der Waals surface area contributed by atoms with Crippen molar-refractivity contribution in [2.24, 2.45) is 0 Å². The number of ether oxygens (including phenoxy) is 2. The van der Waals surface area contributed by atoms with Crippen LogP contribution >= 0.6 is 0 Å². The number of halogens is 1. The Balaban J connectivity index is 2.07. The Labute approximate surface area is 234 Å². The van der Waals surface area contributed by atoms with Gasteiger partial charge in [0.15, 0.2) is 11.5 Å². The largest absolute Gasteiger partial charge is 0.493 e. The first kappa shape index (κ1) is 30.4. The van der Waals surface area contributed by atoms with E-state index in [1.54, 1.807) is 13.0 Å². The van der Waals surface area contributed by atoms with E-state index in [4.69, 9.17) is 9.47 Å². The number of nitrogens with one attached hydrogen (secondary N) is 1. The lowest BCUT2D eigenvalue weighted by Crippen LogP contribution is -2.53. The SMILES string of the molecule is CCNC(=O)[C@H](Cc1ccccc1)N(Cc1ccccc1F)C(=O)CN(c1ccc(OC)c(OC)c1)S(C)(=O)=O. The molecule has 0 heterocycles. The summed E-state index contributed by atoms with van der Waals surface area (Å²) in [5.74, 6) is -1.02. The molecule has 0 aliphatic heterocycles. The monoisotopic (exact) mass is 571 g/mol. The van der Waals surface area contributed by atoms with E-state index < -0.39 is 40.2 Å². The van der Waals surface area contributed by atoms with Gasteiger partial charge in [0.1, 0.15) is 18.4 Å². The minimum atomic E-state index is -3.97. The van der Waals surface area contributed by atoms with Crippen LogP contribution in [0.25, 0.3) is 0 Å². The van der Waals surface area contributed by atoms with Crippen LogP contribution in [-0.2, 0) is 32.6 Å². The van der Waals surface area contributed by atoms with Crippen LogP contribution in [0.5, 0.6) is 11.5 Å². The third-order valence-corrected chi connectivity index (χ3v) is 7.40. The number of carbonyl (C=O) groups is 2. The number of hydrogen-bond acceptors (Lipinski definition) is 6. The van der Waals surface area contributed by atoms with Crippen LogP contribution in [-0.4, -0.2) is 64.7 Å². The molecule has 1 N–H and O–H groups in total. The summed E-state index contributed by atoms with van der Waals surface area (Å²) in [5.41, 5.74) is 1.14. The van der Waals surface area contributed by atoms with E-state index in [1.807, 2.05) is 30.3 Å². The number of benzene rings is 3. The van der Waals surface area contributed by atoms with Crippen molar-refractivity contribution in [2.75, 3.05) is 37.9 Å². The maximum Gasteiger partial charge on any atom is 0.244 e. The lowest BCUT2D eigenvalue weighted by atomic mass is 10.0. The Morgan fingerprint density at radius 3 is 2.20 bits per heavy atom. The van der Waals surface area contributed by atoms with Gasteiger partial charge < -0.3 is 19.7 Å². The van der Waals surface area contributed by atoms with Gasteiger partial charge in [-0.1, -0.05) is 48.5 Å². The van der Waals surface area contributed by atoms with Crippen LogP contribution in [0.3, 0.4) is 0 Å². The Morgan fingerprint density at radius 2 is 1.60 bits per heavy atom. The molecule has 0 aromatic heterocycles. The molecular weight excluding hydrogens is 537 g/mol. The summed E-state index contributed by atoms with van der Waals surface area (Å²) in [6.45, 7) is 1.19. The van der Waals surface area contributed by atoms with Crippen LogP contribution in [0.1, 0.15) is 18.1 Å². The van der Waals surface area contributed by atoms with E-state index in [0.29, 0.717) is 12.3 Å². The van der Waals surface area contributed by atoms with Gasteiger partial charge in [-0.25, -0.2) is 12.8 Å². The lowest BCUT2D eigenvalue weighted by Gasteiger charge is -2.33. The molecule has 3 aromatic carbocycles. The Bertz CT molecular complexity index is 1420. The molecule has 0 fully saturated rings. The smallest absolute Gasteiger partial charge is 0.244 e. The van der Waals surface area contributed by atoms with Crippen LogP contribution in [0, 0.1) is 5.82 Å². The zero-order valence-corrected chi connectivity index (χ0v) is 23.8. The molecular formula is C29H34FN3O6S. The van der Waals surface area contributed by atoms with Gasteiger partial charge in [0.05, 0.1) is 26.2 Å². The predicted octanol–water partition coefficient (Wildman–Crippen LogP) is 3.39. The third kappa shape index (κ3) is 7.72. The molecule has 214 valence electrons. The van der Waals surface area contributed by atoms with Gasteiger partial charge in [0, 0.05) is 31.1 Å². The quantitative estimate of drug-likeness (QED) is 0.337. The number of anilines is 1. The molecule has 9 nitrogen and oxygen atoms in total. The van der Waals surface area contributed by atoms with Gasteiger partial charge in [-0.3, -0.25) is 13.9 Å². The molecule has 0 unspecified atom stereocenters. The summed E-state index contributed by atoms with van der Waals surface area (Å²) in [4.78, 5) is 28.5. The molecule has 0 aliphatic carbocycles. The number of nitrogens with zero attached hydrogens (tertiary/aromatic N) is 2. The third-order valence-electron chi connectivity index (χ3n) is 6.25. The Hall–Kier alpha value is -4.12. The first-order chi connectivity index (χ1) is 19.1. The van der Waals surface area contributed by atoms with Crippen LogP contribution in [0.2, 0.25) is 0 Å². The number of likely N-dealkylation sites (N-methyl/N-ethyl adjacent to an activating group) is 1. The summed E-state index contributed by atoms with van der Waals surface area (Å²) >= 11 is 0. The number of sulfonamides is 1. The summed E-state index contributed by atoms with van der Waals surface area (Å²) in [6.07, 6.45) is 1.12. The average Bonchev–Trinajstić information content (AvgIpc) is 2.94. The molecule has 0 saturated heterocycles. The molecule has 3 aromatic rings. The van der Waals surface area contributed by atoms with E-state index in [-0.39, 0.29) is 30.0 Å².